The number of para-hydroxylation sites is 1. The van der Waals surface area contributed by atoms with Crippen LogP contribution in [0.15, 0.2) is 48.5 Å². The SMILES string of the molecule is CN1CCN(CCCN2CCN(c3ccccc3)c3cc(F)ccc32)CC1. The minimum Gasteiger partial charge on any atom is -0.368 e. The van der Waals surface area contributed by atoms with Crippen LogP contribution < -0.4 is 9.80 Å². The predicted octanol–water partition coefficient (Wildman–Crippen LogP) is 3.42. The first-order valence-electron chi connectivity index (χ1n) is 9.99. The van der Waals surface area contributed by atoms with E-state index in [9.17, 15) is 4.39 Å². The lowest BCUT2D eigenvalue weighted by molar-refractivity contribution is 0.153. The van der Waals surface area contributed by atoms with Gasteiger partial charge >= 0.3 is 0 Å². The molecule has 2 aliphatic heterocycles. The summed E-state index contributed by atoms with van der Waals surface area (Å²) in [7, 11) is 2.19. The summed E-state index contributed by atoms with van der Waals surface area (Å²) < 4.78 is 14.0. The van der Waals surface area contributed by atoms with E-state index in [0.717, 1.165) is 62.8 Å². The standard InChI is InChI=1S/C22H29FN4/c1-24-12-14-25(15-13-24)10-5-11-26-16-17-27(20-6-3-2-4-7-20)22-18-19(23)8-9-21(22)26/h2-4,6-9,18H,5,10-17H2,1H3. The van der Waals surface area contributed by atoms with Gasteiger partial charge in [0.2, 0.25) is 0 Å². The van der Waals surface area contributed by atoms with E-state index in [4.69, 9.17) is 0 Å². The van der Waals surface area contributed by atoms with Crippen LogP contribution in [-0.2, 0) is 0 Å². The Morgan fingerprint density at radius 1 is 0.815 bits per heavy atom. The minimum absolute atomic E-state index is 0.172. The number of hydrogen-bond acceptors (Lipinski definition) is 4. The van der Waals surface area contributed by atoms with Gasteiger partial charge in [-0.1, -0.05) is 18.2 Å². The Morgan fingerprint density at radius 2 is 1.59 bits per heavy atom. The molecule has 5 heteroatoms. The second-order valence-electron chi connectivity index (χ2n) is 7.61. The van der Waals surface area contributed by atoms with Gasteiger partial charge < -0.3 is 19.6 Å². The molecule has 0 bridgehead atoms. The Labute approximate surface area is 161 Å². The Kier molecular flexibility index (Phi) is 5.60. The van der Waals surface area contributed by atoms with E-state index in [1.807, 2.05) is 24.3 Å². The molecular formula is C22H29FN4. The molecule has 27 heavy (non-hydrogen) atoms. The summed E-state index contributed by atoms with van der Waals surface area (Å²) in [5, 5.41) is 0. The van der Waals surface area contributed by atoms with E-state index in [-0.39, 0.29) is 5.82 Å². The summed E-state index contributed by atoms with van der Waals surface area (Å²) in [6, 6.07) is 15.5. The summed E-state index contributed by atoms with van der Waals surface area (Å²) in [5.41, 5.74) is 3.25. The Balaban J connectivity index is 1.44. The normalized spacial score (nSPS) is 18.6. The second kappa shape index (κ2) is 8.28. The molecule has 0 aliphatic carbocycles. The van der Waals surface area contributed by atoms with Crippen molar-refractivity contribution in [1.29, 1.82) is 0 Å². The van der Waals surface area contributed by atoms with Crippen molar-refractivity contribution in [3.05, 3.63) is 54.3 Å². The molecule has 2 aliphatic rings. The fourth-order valence-corrected chi connectivity index (χ4v) is 4.11. The molecule has 1 fully saturated rings. The third-order valence-corrected chi connectivity index (χ3v) is 5.73. The molecular weight excluding hydrogens is 339 g/mol. The van der Waals surface area contributed by atoms with Gasteiger partial charge in [-0.2, -0.15) is 0 Å². The molecule has 1 saturated heterocycles. The highest BCUT2D eigenvalue weighted by atomic mass is 19.1. The molecule has 2 aromatic rings. The minimum atomic E-state index is -0.172. The molecule has 0 radical (unpaired) electrons. The first-order chi connectivity index (χ1) is 13.2. The highest BCUT2D eigenvalue weighted by Gasteiger charge is 2.24. The number of nitrogens with zero attached hydrogens (tertiary/aromatic N) is 4. The smallest absolute Gasteiger partial charge is 0.125 e. The van der Waals surface area contributed by atoms with Gasteiger partial charge in [0.15, 0.2) is 0 Å². The van der Waals surface area contributed by atoms with Crippen molar-refractivity contribution in [3.8, 4) is 0 Å². The number of hydrogen-bond donors (Lipinski definition) is 0. The maximum absolute atomic E-state index is 14.0. The number of halogens is 1. The first-order valence-corrected chi connectivity index (χ1v) is 9.99. The molecule has 0 spiro atoms. The lowest BCUT2D eigenvalue weighted by Gasteiger charge is -2.39. The van der Waals surface area contributed by atoms with Crippen molar-refractivity contribution in [2.24, 2.45) is 0 Å². The van der Waals surface area contributed by atoms with Crippen molar-refractivity contribution < 1.29 is 4.39 Å². The van der Waals surface area contributed by atoms with Gasteiger partial charge in [-0.25, -0.2) is 4.39 Å². The largest absolute Gasteiger partial charge is 0.368 e. The summed E-state index contributed by atoms with van der Waals surface area (Å²) in [4.78, 5) is 9.61. The third-order valence-electron chi connectivity index (χ3n) is 5.73. The van der Waals surface area contributed by atoms with Crippen molar-refractivity contribution >= 4 is 17.1 Å². The van der Waals surface area contributed by atoms with Gasteiger partial charge in [0.1, 0.15) is 5.82 Å². The quantitative estimate of drug-likeness (QED) is 0.802. The van der Waals surface area contributed by atoms with Gasteiger partial charge in [-0.05, 0) is 50.3 Å². The maximum atomic E-state index is 14.0. The molecule has 4 rings (SSSR count). The van der Waals surface area contributed by atoms with Crippen LogP contribution in [0.1, 0.15) is 6.42 Å². The number of anilines is 3. The summed E-state index contributed by atoms with van der Waals surface area (Å²) in [6.45, 7) is 8.68. The monoisotopic (exact) mass is 368 g/mol. The maximum Gasteiger partial charge on any atom is 0.125 e. The van der Waals surface area contributed by atoms with Crippen LogP contribution in [0.4, 0.5) is 21.5 Å². The van der Waals surface area contributed by atoms with Gasteiger partial charge in [0, 0.05) is 51.5 Å². The summed E-state index contributed by atoms with van der Waals surface area (Å²) in [5.74, 6) is -0.172. The van der Waals surface area contributed by atoms with Crippen LogP contribution >= 0.6 is 0 Å². The third kappa shape index (κ3) is 4.25. The van der Waals surface area contributed by atoms with Crippen molar-refractivity contribution in [2.45, 2.75) is 6.42 Å². The highest BCUT2D eigenvalue weighted by Crippen LogP contribution is 2.38. The number of piperazine rings is 1. The van der Waals surface area contributed by atoms with Crippen LogP contribution in [0.5, 0.6) is 0 Å². The van der Waals surface area contributed by atoms with Crippen LogP contribution in [0.25, 0.3) is 0 Å². The zero-order valence-electron chi connectivity index (χ0n) is 16.1. The van der Waals surface area contributed by atoms with E-state index in [0.29, 0.717) is 0 Å². The molecule has 144 valence electrons. The second-order valence-corrected chi connectivity index (χ2v) is 7.61. The van der Waals surface area contributed by atoms with Gasteiger partial charge in [0.05, 0.1) is 11.4 Å². The average Bonchev–Trinajstić information content (AvgIpc) is 2.70. The van der Waals surface area contributed by atoms with Gasteiger partial charge in [-0.15, -0.1) is 0 Å². The lowest BCUT2D eigenvalue weighted by atomic mass is 10.1. The van der Waals surface area contributed by atoms with Gasteiger partial charge in [-0.3, -0.25) is 0 Å². The lowest BCUT2D eigenvalue weighted by Crippen LogP contribution is -2.45. The summed E-state index contributed by atoms with van der Waals surface area (Å²) in [6.07, 6.45) is 1.14. The van der Waals surface area contributed by atoms with Crippen molar-refractivity contribution in [1.82, 2.24) is 9.80 Å². The molecule has 0 N–H and O–H groups in total. The van der Waals surface area contributed by atoms with Crippen LogP contribution in [0.3, 0.4) is 0 Å². The topological polar surface area (TPSA) is 13.0 Å². The fraction of sp³-hybridized carbons (Fsp3) is 0.455. The van der Waals surface area contributed by atoms with E-state index in [1.165, 1.54) is 13.1 Å². The first kappa shape index (κ1) is 18.3. The predicted molar refractivity (Wildman–Crippen MR) is 111 cm³/mol. The molecule has 0 aromatic heterocycles. The Hall–Kier alpha value is -2.11. The molecule has 0 unspecified atom stereocenters. The molecule has 0 atom stereocenters. The Morgan fingerprint density at radius 3 is 2.37 bits per heavy atom. The molecule has 4 nitrogen and oxygen atoms in total. The van der Waals surface area contributed by atoms with E-state index in [1.54, 1.807) is 12.1 Å². The fourth-order valence-electron chi connectivity index (χ4n) is 4.11. The molecule has 2 aromatic carbocycles. The molecule has 0 amide bonds. The zero-order valence-corrected chi connectivity index (χ0v) is 16.1. The number of likely N-dealkylation sites (N-methyl/N-ethyl adjacent to an activating group) is 1. The number of rotatable bonds is 5. The van der Waals surface area contributed by atoms with Crippen LogP contribution in [-0.4, -0.2) is 69.2 Å². The average molecular weight is 369 g/mol. The van der Waals surface area contributed by atoms with Crippen LogP contribution in [0, 0.1) is 5.82 Å². The zero-order chi connectivity index (χ0) is 18.6. The van der Waals surface area contributed by atoms with Crippen molar-refractivity contribution in [2.75, 3.05) is 69.2 Å². The molecule has 0 saturated carbocycles. The van der Waals surface area contributed by atoms with E-state index < -0.39 is 0 Å². The highest BCUT2D eigenvalue weighted by molar-refractivity contribution is 5.79. The summed E-state index contributed by atoms with van der Waals surface area (Å²) >= 11 is 0. The van der Waals surface area contributed by atoms with Crippen molar-refractivity contribution in [3.63, 3.8) is 0 Å². The Bertz CT molecular complexity index is 743. The number of fused-ring (bicyclic) bond motifs is 1. The van der Waals surface area contributed by atoms with E-state index >= 15 is 0 Å². The van der Waals surface area contributed by atoms with E-state index in [2.05, 4.69) is 38.8 Å². The van der Waals surface area contributed by atoms with Crippen LogP contribution in [0.2, 0.25) is 0 Å². The molecule has 2 heterocycles. The van der Waals surface area contributed by atoms with Gasteiger partial charge in [0.25, 0.3) is 0 Å². The number of benzene rings is 2.